The quantitative estimate of drug-likeness (QED) is 0.375. The number of esters is 1. The van der Waals surface area contributed by atoms with Gasteiger partial charge in [-0.1, -0.05) is 13.8 Å². The van der Waals surface area contributed by atoms with Crippen molar-refractivity contribution in [2.45, 2.75) is 32.7 Å². The van der Waals surface area contributed by atoms with Crippen molar-refractivity contribution in [2.75, 3.05) is 12.3 Å². The summed E-state index contributed by atoms with van der Waals surface area (Å²) in [4.78, 5) is 49.3. The van der Waals surface area contributed by atoms with Gasteiger partial charge in [0.25, 0.3) is 5.56 Å². The molecule has 0 atom stereocenters. The second-order valence-corrected chi connectivity index (χ2v) is 7.71. The van der Waals surface area contributed by atoms with Crippen molar-refractivity contribution in [3.05, 3.63) is 61.3 Å². The summed E-state index contributed by atoms with van der Waals surface area (Å²) in [5, 5.41) is 0. The number of hydrogen-bond acceptors (Lipinski definition) is 6. The van der Waals surface area contributed by atoms with E-state index < -0.39 is 70.0 Å². The number of hydrogen-bond donors (Lipinski definition) is 1. The van der Waals surface area contributed by atoms with Crippen LogP contribution in [0.25, 0.3) is 0 Å². The number of ketones is 1. The Morgan fingerprint density at radius 2 is 1.50 bits per heavy atom. The highest BCUT2D eigenvalue weighted by molar-refractivity contribution is 6.02. The van der Waals surface area contributed by atoms with E-state index in [0.717, 1.165) is 11.6 Å². The molecule has 2 rings (SSSR count). The van der Waals surface area contributed by atoms with E-state index in [0.29, 0.717) is 4.57 Å². The van der Waals surface area contributed by atoms with Crippen molar-refractivity contribution in [2.24, 2.45) is 13.0 Å². The Bertz CT molecular complexity index is 1210. The molecule has 0 saturated carbocycles. The molecule has 34 heavy (non-hydrogen) atoms. The summed E-state index contributed by atoms with van der Waals surface area (Å²) in [5.41, 5.74) is -1.45. The Balaban J connectivity index is 2.40. The van der Waals surface area contributed by atoms with Crippen molar-refractivity contribution in [1.82, 2.24) is 9.13 Å². The summed E-state index contributed by atoms with van der Waals surface area (Å²) in [6.07, 6.45) is -10.4. The van der Waals surface area contributed by atoms with Crippen molar-refractivity contribution >= 4 is 17.6 Å². The van der Waals surface area contributed by atoms with Crippen molar-refractivity contribution in [3.63, 3.8) is 0 Å². The Hall–Kier alpha value is -3.58. The van der Waals surface area contributed by atoms with E-state index in [4.69, 9.17) is 5.73 Å². The van der Waals surface area contributed by atoms with E-state index in [-0.39, 0.29) is 30.7 Å². The molecule has 0 aliphatic carbocycles. The lowest BCUT2D eigenvalue weighted by molar-refractivity contribution is -0.143. The maximum Gasteiger partial charge on any atom is 0.416 e. The van der Waals surface area contributed by atoms with Crippen molar-refractivity contribution < 1.29 is 40.7 Å². The van der Waals surface area contributed by atoms with Gasteiger partial charge >= 0.3 is 24.0 Å². The van der Waals surface area contributed by atoms with Crippen LogP contribution < -0.4 is 17.0 Å². The van der Waals surface area contributed by atoms with Crippen LogP contribution in [-0.4, -0.2) is 27.5 Å². The van der Waals surface area contributed by atoms with Gasteiger partial charge in [0, 0.05) is 13.6 Å². The maximum atomic E-state index is 13.0. The minimum Gasteiger partial charge on any atom is -0.454 e. The molecule has 0 radical (unpaired) electrons. The molecule has 0 aliphatic rings. The molecule has 0 saturated heterocycles. The number of nitrogens with two attached hydrogens (primary N) is 1. The molecule has 186 valence electrons. The zero-order valence-corrected chi connectivity index (χ0v) is 18.0. The molecule has 14 heteroatoms. The minimum absolute atomic E-state index is 0.0311. The van der Waals surface area contributed by atoms with Crippen LogP contribution in [0.3, 0.4) is 0 Å². The van der Waals surface area contributed by atoms with Crippen LogP contribution in [0.5, 0.6) is 0 Å². The lowest BCUT2D eigenvalue weighted by Crippen LogP contribution is -2.43. The second kappa shape index (κ2) is 9.35. The van der Waals surface area contributed by atoms with Crippen LogP contribution in [0, 0.1) is 5.92 Å². The molecule has 8 nitrogen and oxygen atoms in total. The Morgan fingerprint density at radius 1 is 1.00 bits per heavy atom. The number of rotatable bonds is 6. The number of carbonyl (C=O) groups excluding carboxylic acids is 2. The van der Waals surface area contributed by atoms with Crippen molar-refractivity contribution in [1.29, 1.82) is 0 Å². The van der Waals surface area contributed by atoms with Gasteiger partial charge in [0.1, 0.15) is 11.4 Å². The third kappa shape index (κ3) is 5.66. The largest absolute Gasteiger partial charge is 0.454 e. The Morgan fingerprint density at radius 3 is 1.94 bits per heavy atom. The summed E-state index contributed by atoms with van der Waals surface area (Å²) < 4.78 is 83.9. The number of benzene rings is 1. The number of Topliss-reactive ketones (excluding diaryl/α,β-unsaturated/α-hetero) is 1. The number of nitrogens with zero attached hydrogens (tertiary/aromatic N) is 2. The first-order valence-corrected chi connectivity index (χ1v) is 9.54. The average Bonchev–Trinajstić information content (AvgIpc) is 2.72. The van der Waals surface area contributed by atoms with Crippen LogP contribution in [0.4, 0.5) is 32.2 Å². The number of aromatic nitrogens is 2. The fourth-order valence-corrected chi connectivity index (χ4v) is 2.95. The second-order valence-electron chi connectivity index (χ2n) is 7.71. The standard InChI is InChI=1S/C20H19F6N3O5/c1-9(2)7-29-15(27)14(16(31)28(3)18(29)33)13(30)8-34-17(32)10-4-11(19(21,22)23)6-12(5-10)20(24,25)26/h4-6,9H,7-8,27H2,1-3H3. The first-order valence-electron chi connectivity index (χ1n) is 9.54. The fraction of sp³-hybridized carbons (Fsp3) is 0.400. The van der Waals surface area contributed by atoms with Gasteiger partial charge in [0.2, 0.25) is 5.78 Å². The number of carbonyl (C=O) groups is 2. The monoisotopic (exact) mass is 495 g/mol. The summed E-state index contributed by atoms with van der Waals surface area (Å²) in [6, 6.07) is 0.0980. The van der Waals surface area contributed by atoms with E-state index >= 15 is 0 Å². The number of anilines is 1. The van der Waals surface area contributed by atoms with Crippen LogP contribution >= 0.6 is 0 Å². The van der Waals surface area contributed by atoms with Gasteiger partial charge in [-0.2, -0.15) is 26.3 Å². The van der Waals surface area contributed by atoms with Gasteiger partial charge in [-0.05, 0) is 24.1 Å². The van der Waals surface area contributed by atoms with Crippen LogP contribution in [-0.2, 0) is 30.7 Å². The summed E-state index contributed by atoms with van der Waals surface area (Å²) in [7, 11) is 1.07. The number of nitrogen functional groups attached to an aromatic ring is 1. The molecule has 0 amide bonds. The minimum atomic E-state index is -5.20. The molecule has 0 aliphatic heterocycles. The predicted molar refractivity (Wildman–Crippen MR) is 106 cm³/mol. The molecule has 1 heterocycles. The lowest BCUT2D eigenvalue weighted by atomic mass is 10.0. The maximum absolute atomic E-state index is 13.0. The Kier molecular flexibility index (Phi) is 7.33. The molecule has 2 aromatic rings. The molecule has 0 unspecified atom stereocenters. The SMILES string of the molecule is CC(C)Cn1c(N)c(C(=O)COC(=O)c2cc(C(F)(F)F)cc(C(F)(F)F)c2)c(=O)n(C)c1=O. The highest BCUT2D eigenvalue weighted by atomic mass is 19.4. The number of halogens is 6. The molecule has 0 fully saturated rings. The van der Waals surface area contributed by atoms with Gasteiger partial charge < -0.3 is 10.5 Å². The van der Waals surface area contributed by atoms with Gasteiger partial charge in [-0.3, -0.25) is 18.7 Å². The number of ether oxygens (including phenoxy) is 1. The molecule has 0 bridgehead atoms. The molecular weight excluding hydrogens is 476 g/mol. The normalized spacial score (nSPS) is 12.2. The predicted octanol–water partition coefficient (Wildman–Crippen LogP) is 2.86. The molecule has 2 N–H and O–H groups in total. The first kappa shape index (κ1) is 26.7. The van der Waals surface area contributed by atoms with E-state index in [2.05, 4.69) is 4.74 Å². The number of alkyl halides is 6. The summed E-state index contributed by atoms with van der Waals surface area (Å²) >= 11 is 0. The van der Waals surface area contributed by atoms with E-state index in [9.17, 15) is 45.5 Å². The van der Waals surface area contributed by atoms with E-state index in [1.165, 1.54) is 0 Å². The van der Waals surface area contributed by atoms with Gasteiger partial charge in [-0.15, -0.1) is 0 Å². The van der Waals surface area contributed by atoms with Crippen LogP contribution in [0.1, 0.15) is 45.7 Å². The zero-order chi connectivity index (χ0) is 26.2. The van der Waals surface area contributed by atoms with Crippen molar-refractivity contribution in [3.8, 4) is 0 Å². The topological polar surface area (TPSA) is 113 Å². The highest BCUT2D eigenvalue weighted by Crippen LogP contribution is 2.36. The molecule has 1 aromatic carbocycles. The van der Waals surface area contributed by atoms with E-state index in [1.54, 1.807) is 13.8 Å². The molecule has 0 spiro atoms. The lowest BCUT2D eigenvalue weighted by Gasteiger charge is -2.16. The average molecular weight is 495 g/mol. The van der Waals surface area contributed by atoms with Gasteiger partial charge in [0.05, 0.1) is 16.7 Å². The molecular formula is C20H19F6N3O5. The highest BCUT2D eigenvalue weighted by Gasteiger charge is 2.37. The van der Waals surface area contributed by atoms with Gasteiger partial charge in [-0.25, -0.2) is 9.59 Å². The smallest absolute Gasteiger partial charge is 0.416 e. The van der Waals surface area contributed by atoms with Crippen LogP contribution in [0.15, 0.2) is 27.8 Å². The third-order valence-electron chi connectivity index (χ3n) is 4.57. The third-order valence-corrected chi connectivity index (χ3v) is 4.57. The fourth-order valence-electron chi connectivity index (χ4n) is 2.95. The van der Waals surface area contributed by atoms with Gasteiger partial charge in [0.15, 0.2) is 6.61 Å². The zero-order valence-electron chi connectivity index (χ0n) is 18.0. The van der Waals surface area contributed by atoms with Crippen LogP contribution in [0.2, 0.25) is 0 Å². The summed E-state index contributed by atoms with van der Waals surface area (Å²) in [6.45, 7) is 2.26. The first-order chi connectivity index (χ1) is 15.4. The summed E-state index contributed by atoms with van der Waals surface area (Å²) in [5.74, 6) is -3.51. The Labute approximate surface area is 187 Å². The van der Waals surface area contributed by atoms with E-state index in [1.807, 2.05) is 0 Å². The molecule has 1 aromatic heterocycles.